The number of pyridine rings is 1. The third-order valence-corrected chi connectivity index (χ3v) is 5.51. The number of nitrogens with zero attached hydrogens (tertiary/aromatic N) is 2. The Bertz CT molecular complexity index is 854. The van der Waals surface area contributed by atoms with Crippen LogP contribution >= 0.6 is 0 Å². The lowest BCUT2D eigenvalue weighted by atomic mass is 10.2. The summed E-state index contributed by atoms with van der Waals surface area (Å²) < 4.78 is 32.6. The number of rotatable bonds is 8. The van der Waals surface area contributed by atoms with Gasteiger partial charge in [0.05, 0.1) is 12.0 Å². The zero-order valence-corrected chi connectivity index (χ0v) is 15.9. The molecule has 1 aromatic heterocycles. The summed E-state index contributed by atoms with van der Waals surface area (Å²) in [4.78, 5) is 17.6. The van der Waals surface area contributed by atoms with Gasteiger partial charge < -0.3 is 9.64 Å². The molecule has 1 amide bonds. The summed E-state index contributed by atoms with van der Waals surface area (Å²) in [6.45, 7) is 3.93. The molecule has 0 radical (unpaired) electrons. The molecule has 0 unspecified atom stereocenters. The molecule has 1 aromatic carbocycles. The summed E-state index contributed by atoms with van der Waals surface area (Å²) in [5, 5.41) is 0. The Balaban J connectivity index is 2.00. The second-order valence-corrected chi connectivity index (χ2v) is 7.57. The fourth-order valence-corrected chi connectivity index (χ4v) is 3.75. The van der Waals surface area contributed by atoms with Crippen molar-refractivity contribution in [2.75, 3.05) is 20.2 Å². The van der Waals surface area contributed by atoms with Gasteiger partial charge >= 0.3 is 0 Å². The number of carbonyl (C=O) groups is 1. The lowest BCUT2D eigenvalue weighted by molar-refractivity contribution is -0.129. The number of methoxy groups -OCH3 is 1. The molecule has 1 heterocycles. The fraction of sp³-hybridized carbons (Fsp3) is 0.333. The van der Waals surface area contributed by atoms with Crippen molar-refractivity contribution < 1.29 is 17.9 Å². The van der Waals surface area contributed by atoms with Crippen molar-refractivity contribution >= 4 is 15.9 Å². The summed E-state index contributed by atoms with van der Waals surface area (Å²) >= 11 is 0. The van der Waals surface area contributed by atoms with Gasteiger partial charge in [0.1, 0.15) is 5.75 Å². The van der Waals surface area contributed by atoms with E-state index in [1.807, 2.05) is 6.07 Å². The normalized spacial score (nSPS) is 11.2. The van der Waals surface area contributed by atoms with E-state index >= 15 is 0 Å². The van der Waals surface area contributed by atoms with E-state index in [1.54, 1.807) is 42.4 Å². The van der Waals surface area contributed by atoms with Crippen molar-refractivity contribution in [2.45, 2.75) is 25.3 Å². The zero-order chi connectivity index (χ0) is 19.2. The van der Waals surface area contributed by atoms with Crippen LogP contribution in [-0.4, -0.2) is 44.4 Å². The van der Waals surface area contributed by atoms with E-state index in [1.165, 1.54) is 20.1 Å². The zero-order valence-electron chi connectivity index (χ0n) is 15.1. The number of hydrogen-bond acceptors (Lipinski definition) is 5. The third-order valence-electron chi connectivity index (χ3n) is 3.89. The molecule has 0 aliphatic rings. The minimum absolute atomic E-state index is 0.119. The number of benzene rings is 1. The second kappa shape index (κ2) is 8.77. The lowest BCUT2D eigenvalue weighted by Gasteiger charge is -2.21. The first kappa shape index (κ1) is 19.9. The molecule has 0 saturated heterocycles. The monoisotopic (exact) mass is 377 g/mol. The van der Waals surface area contributed by atoms with Crippen molar-refractivity contribution in [1.29, 1.82) is 0 Å². The highest BCUT2D eigenvalue weighted by atomic mass is 32.2. The molecular weight excluding hydrogens is 354 g/mol. The first-order valence-electron chi connectivity index (χ1n) is 8.12. The molecule has 0 aliphatic heterocycles. The summed E-state index contributed by atoms with van der Waals surface area (Å²) in [5.74, 6) is 0.467. The van der Waals surface area contributed by atoms with E-state index in [0.717, 1.165) is 5.56 Å². The van der Waals surface area contributed by atoms with E-state index in [4.69, 9.17) is 4.74 Å². The Hall–Kier alpha value is -2.45. The summed E-state index contributed by atoms with van der Waals surface area (Å²) in [6.07, 6.45) is 3.34. The topological polar surface area (TPSA) is 88.6 Å². The number of ether oxygens (including phenoxy) is 1. The van der Waals surface area contributed by atoms with Gasteiger partial charge in [-0.05, 0) is 42.3 Å². The number of aryl methyl sites for hydroxylation is 1. The molecule has 0 bridgehead atoms. The average molecular weight is 377 g/mol. The minimum Gasteiger partial charge on any atom is -0.497 e. The van der Waals surface area contributed by atoms with Crippen LogP contribution in [-0.2, 0) is 21.4 Å². The predicted molar refractivity (Wildman–Crippen MR) is 98.2 cm³/mol. The van der Waals surface area contributed by atoms with Gasteiger partial charge in [0.15, 0.2) is 0 Å². The van der Waals surface area contributed by atoms with E-state index in [2.05, 4.69) is 9.71 Å². The molecule has 2 rings (SSSR count). The average Bonchev–Trinajstić information content (AvgIpc) is 2.61. The number of sulfonamides is 1. The van der Waals surface area contributed by atoms with Crippen LogP contribution in [0.4, 0.5) is 0 Å². The van der Waals surface area contributed by atoms with Crippen LogP contribution in [0.1, 0.15) is 18.1 Å². The van der Waals surface area contributed by atoms with Gasteiger partial charge in [-0.1, -0.05) is 6.07 Å². The Morgan fingerprint density at radius 1 is 1.31 bits per heavy atom. The highest BCUT2D eigenvalue weighted by molar-refractivity contribution is 7.89. The van der Waals surface area contributed by atoms with Gasteiger partial charge in [-0.15, -0.1) is 0 Å². The summed E-state index contributed by atoms with van der Waals surface area (Å²) in [5.41, 5.74) is 1.48. The maximum absolute atomic E-state index is 12.5. The van der Waals surface area contributed by atoms with Gasteiger partial charge in [0.25, 0.3) is 0 Å². The predicted octanol–water partition coefficient (Wildman–Crippen LogP) is 1.73. The molecule has 140 valence electrons. The van der Waals surface area contributed by atoms with Gasteiger partial charge in [0.2, 0.25) is 15.9 Å². The number of nitrogens with one attached hydrogen (secondary N) is 1. The molecule has 1 N–H and O–H groups in total. The van der Waals surface area contributed by atoms with Crippen LogP contribution in [0, 0.1) is 6.92 Å². The van der Waals surface area contributed by atoms with Crippen LogP contribution < -0.4 is 9.46 Å². The van der Waals surface area contributed by atoms with E-state index in [9.17, 15) is 13.2 Å². The molecule has 2 aromatic rings. The molecule has 0 saturated carbocycles. The Labute approximate surface area is 154 Å². The molecule has 0 fully saturated rings. The number of amides is 1. The van der Waals surface area contributed by atoms with Crippen molar-refractivity contribution in [3.05, 3.63) is 53.9 Å². The maximum atomic E-state index is 12.5. The Morgan fingerprint density at radius 2 is 2.08 bits per heavy atom. The Kier molecular flexibility index (Phi) is 6.70. The number of hydrogen-bond donors (Lipinski definition) is 1. The maximum Gasteiger partial charge on any atom is 0.240 e. The van der Waals surface area contributed by atoms with Gasteiger partial charge in [-0.25, -0.2) is 13.1 Å². The van der Waals surface area contributed by atoms with Gasteiger partial charge in [-0.2, -0.15) is 0 Å². The summed E-state index contributed by atoms with van der Waals surface area (Å²) in [7, 11) is -2.14. The molecule has 26 heavy (non-hydrogen) atoms. The van der Waals surface area contributed by atoms with Crippen molar-refractivity contribution in [2.24, 2.45) is 0 Å². The number of aromatic nitrogens is 1. The van der Waals surface area contributed by atoms with Gasteiger partial charge in [0, 0.05) is 39.0 Å². The highest BCUT2D eigenvalue weighted by Crippen LogP contribution is 2.20. The van der Waals surface area contributed by atoms with E-state index < -0.39 is 10.0 Å². The van der Waals surface area contributed by atoms with Crippen molar-refractivity contribution in [1.82, 2.24) is 14.6 Å². The molecule has 0 aliphatic carbocycles. The third kappa shape index (κ3) is 5.27. The smallest absolute Gasteiger partial charge is 0.240 e. The van der Waals surface area contributed by atoms with Crippen LogP contribution in [0.5, 0.6) is 5.75 Å². The standard InChI is InChI=1S/C18H23N3O4S/c1-14-11-17(25-3)6-7-18(14)26(23,24)20-9-10-21(15(2)22)13-16-5-4-8-19-12-16/h4-8,11-12,20H,9-10,13H2,1-3H3. The lowest BCUT2D eigenvalue weighted by Crippen LogP contribution is -2.37. The van der Waals surface area contributed by atoms with Crippen LogP contribution in [0.25, 0.3) is 0 Å². The van der Waals surface area contributed by atoms with Crippen LogP contribution in [0.3, 0.4) is 0 Å². The van der Waals surface area contributed by atoms with Crippen LogP contribution in [0.2, 0.25) is 0 Å². The SMILES string of the molecule is COc1ccc(S(=O)(=O)NCCN(Cc2cccnc2)C(C)=O)c(C)c1. The van der Waals surface area contributed by atoms with Crippen LogP contribution in [0.15, 0.2) is 47.6 Å². The minimum atomic E-state index is -3.67. The highest BCUT2D eigenvalue weighted by Gasteiger charge is 2.18. The largest absolute Gasteiger partial charge is 0.497 e. The Morgan fingerprint density at radius 3 is 2.65 bits per heavy atom. The number of carbonyl (C=O) groups excluding carboxylic acids is 1. The summed E-state index contributed by atoms with van der Waals surface area (Å²) in [6, 6.07) is 8.44. The molecule has 7 nitrogen and oxygen atoms in total. The van der Waals surface area contributed by atoms with Crippen molar-refractivity contribution in [3.8, 4) is 5.75 Å². The quantitative estimate of drug-likeness (QED) is 0.757. The van der Waals surface area contributed by atoms with E-state index in [0.29, 0.717) is 17.9 Å². The molecular formula is C18H23N3O4S. The molecule has 8 heteroatoms. The van der Waals surface area contributed by atoms with E-state index in [-0.39, 0.29) is 23.9 Å². The van der Waals surface area contributed by atoms with Gasteiger partial charge in [-0.3, -0.25) is 9.78 Å². The fourth-order valence-electron chi connectivity index (χ4n) is 2.50. The molecule has 0 atom stereocenters. The van der Waals surface area contributed by atoms with Crippen molar-refractivity contribution in [3.63, 3.8) is 0 Å². The first-order chi connectivity index (χ1) is 12.3. The second-order valence-electron chi connectivity index (χ2n) is 5.83. The first-order valence-corrected chi connectivity index (χ1v) is 9.60. The molecule has 0 spiro atoms.